The molecule has 1 aliphatic heterocycles. The van der Waals surface area contributed by atoms with Crippen LogP contribution in [0.2, 0.25) is 0 Å². The van der Waals surface area contributed by atoms with E-state index in [9.17, 15) is 5.11 Å². The monoisotopic (exact) mass is 500 g/mol. The number of nitrogens with zero attached hydrogens (tertiary/aromatic N) is 7. The van der Waals surface area contributed by atoms with Crippen LogP contribution in [0.25, 0.3) is 22.1 Å². The van der Waals surface area contributed by atoms with Crippen molar-refractivity contribution >= 4 is 39.5 Å². The van der Waals surface area contributed by atoms with Gasteiger partial charge in [0.2, 0.25) is 5.95 Å². The number of ether oxygens (including phenoxy) is 1. The number of aromatic nitrogens is 6. The molecule has 2 aromatic carbocycles. The molecule has 1 fully saturated rings. The molecule has 2 N–H and O–H groups in total. The smallest absolute Gasteiger partial charge is 0.226 e. The van der Waals surface area contributed by atoms with Crippen molar-refractivity contribution in [2.24, 2.45) is 7.05 Å². The Morgan fingerprint density at radius 2 is 1.97 bits per heavy atom. The summed E-state index contributed by atoms with van der Waals surface area (Å²) in [6, 6.07) is 8.58. The van der Waals surface area contributed by atoms with Crippen LogP contribution in [-0.2, 0) is 7.05 Å². The van der Waals surface area contributed by atoms with E-state index in [1.807, 2.05) is 41.6 Å². The summed E-state index contributed by atoms with van der Waals surface area (Å²) in [5.74, 6) is 1.29. The Labute approximate surface area is 211 Å². The van der Waals surface area contributed by atoms with E-state index in [1.165, 1.54) is 12.4 Å². The molecule has 0 unspecified atom stereocenters. The maximum atomic E-state index is 15.2. The molecule has 0 bridgehead atoms. The Balaban J connectivity index is 1.28. The van der Waals surface area contributed by atoms with E-state index in [0.29, 0.717) is 53.8 Å². The molecule has 1 aliphatic rings. The molecule has 0 aliphatic carbocycles. The zero-order valence-electron chi connectivity index (χ0n) is 20.6. The van der Waals surface area contributed by atoms with Crippen LogP contribution in [0.15, 0.2) is 49.2 Å². The summed E-state index contributed by atoms with van der Waals surface area (Å²) in [6.45, 7) is 4.70. The second kappa shape index (κ2) is 8.63. The van der Waals surface area contributed by atoms with Crippen molar-refractivity contribution < 1.29 is 14.2 Å². The lowest BCUT2D eigenvalue weighted by Gasteiger charge is -2.19. The van der Waals surface area contributed by atoms with Gasteiger partial charge < -0.3 is 24.6 Å². The first-order valence-corrected chi connectivity index (χ1v) is 11.9. The molecule has 6 rings (SSSR count). The fourth-order valence-electron chi connectivity index (χ4n) is 4.51. The van der Waals surface area contributed by atoms with Gasteiger partial charge in [-0.3, -0.25) is 0 Å². The molecular formula is C26H25FN8O2. The van der Waals surface area contributed by atoms with Gasteiger partial charge in [0.25, 0.3) is 0 Å². The summed E-state index contributed by atoms with van der Waals surface area (Å²) in [7, 11) is 1.92. The van der Waals surface area contributed by atoms with Gasteiger partial charge >= 0.3 is 0 Å². The van der Waals surface area contributed by atoms with Crippen molar-refractivity contribution in [2.75, 3.05) is 23.3 Å². The lowest BCUT2D eigenvalue weighted by molar-refractivity contribution is 0.0838. The number of hydrogen-bond acceptors (Lipinski definition) is 9. The van der Waals surface area contributed by atoms with Crippen LogP contribution in [0.1, 0.15) is 18.9 Å². The third kappa shape index (κ3) is 4.38. The van der Waals surface area contributed by atoms with E-state index >= 15 is 4.39 Å². The molecule has 0 saturated carbocycles. The zero-order valence-corrected chi connectivity index (χ0v) is 20.6. The molecule has 1 atom stereocenters. The Bertz CT molecular complexity index is 1650. The first kappa shape index (κ1) is 23.0. The van der Waals surface area contributed by atoms with Gasteiger partial charge in [-0.15, -0.1) is 0 Å². The lowest BCUT2D eigenvalue weighted by Crippen LogP contribution is -2.30. The number of rotatable bonds is 5. The number of imidazole rings is 1. The SMILES string of the molecule is Cc1cc(Nc2ncnc3cnc(N4CC[C@@](C)(O)C4)nc23)c(F)cc1Oc1ccc2c(c1)ncn2C. The van der Waals surface area contributed by atoms with Gasteiger partial charge in [0.1, 0.15) is 34.7 Å². The van der Waals surface area contributed by atoms with Crippen LogP contribution in [0.3, 0.4) is 0 Å². The highest BCUT2D eigenvalue weighted by atomic mass is 19.1. The molecule has 0 amide bonds. The molecule has 3 aromatic heterocycles. The van der Waals surface area contributed by atoms with Crippen LogP contribution >= 0.6 is 0 Å². The summed E-state index contributed by atoms with van der Waals surface area (Å²) < 4.78 is 23.1. The van der Waals surface area contributed by atoms with E-state index in [-0.39, 0.29) is 5.69 Å². The topological polar surface area (TPSA) is 114 Å². The van der Waals surface area contributed by atoms with Gasteiger partial charge in [-0.1, -0.05) is 0 Å². The van der Waals surface area contributed by atoms with E-state index in [4.69, 9.17) is 4.74 Å². The Morgan fingerprint density at radius 1 is 1.11 bits per heavy atom. The first-order chi connectivity index (χ1) is 17.8. The maximum absolute atomic E-state index is 15.2. The van der Waals surface area contributed by atoms with E-state index in [0.717, 1.165) is 16.6 Å². The summed E-state index contributed by atoms with van der Waals surface area (Å²) in [5, 5.41) is 13.4. The van der Waals surface area contributed by atoms with Gasteiger partial charge in [-0.2, -0.15) is 0 Å². The summed E-state index contributed by atoms with van der Waals surface area (Å²) >= 11 is 0. The quantitative estimate of drug-likeness (QED) is 0.365. The van der Waals surface area contributed by atoms with Crippen LogP contribution in [0, 0.1) is 12.7 Å². The van der Waals surface area contributed by atoms with Crippen molar-refractivity contribution in [1.29, 1.82) is 0 Å². The van der Waals surface area contributed by atoms with Gasteiger partial charge in [0, 0.05) is 32.3 Å². The highest BCUT2D eigenvalue weighted by molar-refractivity contribution is 5.87. The zero-order chi connectivity index (χ0) is 25.7. The predicted molar refractivity (Wildman–Crippen MR) is 138 cm³/mol. The maximum Gasteiger partial charge on any atom is 0.226 e. The third-order valence-electron chi connectivity index (χ3n) is 6.54. The summed E-state index contributed by atoms with van der Waals surface area (Å²) in [5.41, 5.74) is 2.93. The largest absolute Gasteiger partial charge is 0.457 e. The summed E-state index contributed by atoms with van der Waals surface area (Å²) in [6.07, 6.45) is 5.34. The second-order valence-corrected chi connectivity index (χ2v) is 9.63. The fourth-order valence-corrected chi connectivity index (χ4v) is 4.51. The van der Waals surface area contributed by atoms with Crippen LogP contribution in [0.4, 0.5) is 21.8 Å². The number of aliphatic hydroxyl groups is 1. The molecule has 188 valence electrons. The summed E-state index contributed by atoms with van der Waals surface area (Å²) in [4.78, 5) is 23.8. The minimum Gasteiger partial charge on any atom is -0.457 e. The number of nitrogens with one attached hydrogen (secondary N) is 1. The average molecular weight is 501 g/mol. The standard InChI is InChI=1S/C26H25FN8O2/c1-15-8-18(17(27)10-22(15)37-16-4-5-21-19(9-16)31-14-34(21)3)32-24-23-20(29-13-30-24)11-28-25(33-23)35-7-6-26(2,36)12-35/h4-5,8-11,13-14,36H,6-7,12H2,1-3H3,(H,29,30,32)/t26-/m1/s1. The van der Waals surface area contributed by atoms with Gasteiger partial charge in [0.15, 0.2) is 5.82 Å². The minimum absolute atomic E-state index is 0.231. The predicted octanol–water partition coefficient (Wildman–Crippen LogP) is 4.25. The van der Waals surface area contributed by atoms with E-state index < -0.39 is 11.4 Å². The lowest BCUT2D eigenvalue weighted by atomic mass is 10.1. The van der Waals surface area contributed by atoms with Gasteiger partial charge in [0.05, 0.1) is 34.8 Å². The third-order valence-corrected chi connectivity index (χ3v) is 6.54. The van der Waals surface area contributed by atoms with Crippen LogP contribution < -0.4 is 15.0 Å². The number of hydrogen-bond donors (Lipinski definition) is 2. The number of β-amino-alcohol motifs (C(OH)–C–C–N with tert-alkyl or cyclic N) is 1. The molecule has 4 heterocycles. The molecule has 1 saturated heterocycles. The molecule has 5 aromatic rings. The Morgan fingerprint density at radius 3 is 2.78 bits per heavy atom. The Hall–Kier alpha value is -4.38. The fraction of sp³-hybridized carbons (Fsp3) is 0.269. The van der Waals surface area contributed by atoms with E-state index in [1.54, 1.807) is 25.5 Å². The normalized spacial score (nSPS) is 17.6. The number of halogens is 1. The molecule has 10 nitrogen and oxygen atoms in total. The molecule has 0 spiro atoms. The van der Waals surface area contributed by atoms with Crippen molar-refractivity contribution in [3.05, 3.63) is 60.6 Å². The highest BCUT2D eigenvalue weighted by Crippen LogP contribution is 2.33. The van der Waals surface area contributed by atoms with Crippen molar-refractivity contribution in [3.63, 3.8) is 0 Å². The molecule has 37 heavy (non-hydrogen) atoms. The highest BCUT2D eigenvalue weighted by Gasteiger charge is 2.32. The molecule has 0 radical (unpaired) electrons. The average Bonchev–Trinajstić information content (AvgIpc) is 3.43. The first-order valence-electron chi connectivity index (χ1n) is 11.9. The van der Waals surface area contributed by atoms with Crippen LogP contribution in [-0.4, -0.2) is 53.3 Å². The molecular weight excluding hydrogens is 475 g/mol. The van der Waals surface area contributed by atoms with Crippen molar-refractivity contribution in [1.82, 2.24) is 29.5 Å². The van der Waals surface area contributed by atoms with Crippen molar-refractivity contribution in [3.8, 4) is 11.5 Å². The number of anilines is 3. The second-order valence-electron chi connectivity index (χ2n) is 9.63. The number of aryl methyl sites for hydroxylation is 2. The molecule has 11 heteroatoms. The number of fused-ring (bicyclic) bond motifs is 2. The number of benzene rings is 2. The minimum atomic E-state index is -0.791. The van der Waals surface area contributed by atoms with Crippen molar-refractivity contribution in [2.45, 2.75) is 25.9 Å². The van der Waals surface area contributed by atoms with E-state index in [2.05, 4.69) is 30.2 Å². The van der Waals surface area contributed by atoms with Gasteiger partial charge in [-0.25, -0.2) is 29.3 Å². The van der Waals surface area contributed by atoms with Gasteiger partial charge in [-0.05, 0) is 44.0 Å². The van der Waals surface area contributed by atoms with Crippen LogP contribution in [0.5, 0.6) is 11.5 Å². The Kier molecular flexibility index (Phi) is 5.37.